The van der Waals surface area contributed by atoms with Crippen LogP contribution in [0.3, 0.4) is 0 Å². The lowest BCUT2D eigenvalue weighted by Crippen LogP contribution is -2.12. The van der Waals surface area contributed by atoms with Gasteiger partial charge in [-0.2, -0.15) is 0 Å². The number of rotatable bonds is 3. The maximum Gasteiger partial charge on any atom is 0.139 e. The van der Waals surface area contributed by atoms with Crippen LogP contribution in [-0.4, -0.2) is 11.2 Å². The van der Waals surface area contributed by atoms with Crippen molar-refractivity contribution in [1.29, 1.82) is 0 Å². The molecule has 1 N–H and O–H groups in total. The van der Waals surface area contributed by atoms with Crippen molar-refractivity contribution in [1.82, 2.24) is 0 Å². The molecule has 82 valence electrons. The topological polar surface area (TPSA) is 29.5 Å². The lowest BCUT2D eigenvalue weighted by atomic mass is 10.2. The van der Waals surface area contributed by atoms with Crippen LogP contribution in [0.15, 0.2) is 22.7 Å². The van der Waals surface area contributed by atoms with Gasteiger partial charge in [-0.15, -0.1) is 0 Å². The van der Waals surface area contributed by atoms with Crippen LogP contribution in [0.4, 0.5) is 0 Å². The van der Waals surface area contributed by atoms with Gasteiger partial charge in [0.05, 0.1) is 17.2 Å². The summed E-state index contributed by atoms with van der Waals surface area (Å²) in [7, 11) is 0. The van der Waals surface area contributed by atoms with Crippen molar-refractivity contribution < 1.29 is 9.84 Å². The summed E-state index contributed by atoms with van der Waals surface area (Å²) in [6.45, 7) is 0.0293. The molecule has 0 unspecified atom stereocenters. The van der Waals surface area contributed by atoms with E-state index >= 15 is 0 Å². The predicted molar refractivity (Wildman–Crippen MR) is 62.9 cm³/mol. The van der Waals surface area contributed by atoms with Crippen molar-refractivity contribution in [3.8, 4) is 5.75 Å². The first-order valence-electron chi connectivity index (χ1n) is 5.36. The summed E-state index contributed by atoms with van der Waals surface area (Å²) < 4.78 is 6.85. The third-order valence-electron chi connectivity index (χ3n) is 2.81. The third-order valence-corrected chi connectivity index (χ3v) is 3.43. The fourth-order valence-corrected chi connectivity index (χ4v) is 2.48. The molecule has 0 amide bonds. The standard InChI is InChI=1S/C12H15BrO2/c13-11-7-3-4-9(8-14)12(11)15-10-5-1-2-6-10/h3-4,7,10,14H,1-2,5-6,8H2. The van der Waals surface area contributed by atoms with Crippen molar-refractivity contribution in [2.24, 2.45) is 0 Å². The van der Waals surface area contributed by atoms with Gasteiger partial charge in [-0.25, -0.2) is 0 Å². The molecule has 1 aliphatic rings. The van der Waals surface area contributed by atoms with Gasteiger partial charge in [0.2, 0.25) is 0 Å². The van der Waals surface area contributed by atoms with Gasteiger partial charge in [0.15, 0.2) is 0 Å². The summed E-state index contributed by atoms with van der Waals surface area (Å²) in [6, 6.07) is 5.76. The smallest absolute Gasteiger partial charge is 0.139 e. The van der Waals surface area contributed by atoms with Crippen LogP contribution in [-0.2, 0) is 6.61 Å². The molecule has 15 heavy (non-hydrogen) atoms. The zero-order valence-corrected chi connectivity index (χ0v) is 10.2. The summed E-state index contributed by atoms with van der Waals surface area (Å²) in [5.74, 6) is 0.812. The second-order valence-corrected chi connectivity index (χ2v) is 4.76. The molecule has 0 aliphatic heterocycles. The van der Waals surface area contributed by atoms with Gasteiger partial charge >= 0.3 is 0 Å². The Kier molecular flexibility index (Phi) is 3.65. The Morgan fingerprint density at radius 1 is 1.33 bits per heavy atom. The Hall–Kier alpha value is -0.540. The van der Waals surface area contributed by atoms with E-state index in [9.17, 15) is 5.11 Å². The van der Waals surface area contributed by atoms with Crippen LogP contribution in [0, 0.1) is 0 Å². The van der Waals surface area contributed by atoms with Gasteiger partial charge in [-0.3, -0.25) is 0 Å². The van der Waals surface area contributed by atoms with Crippen molar-refractivity contribution in [3.05, 3.63) is 28.2 Å². The molecule has 1 aliphatic carbocycles. The first-order chi connectivity index (χ1) is 7.31. The Balaban J connectivity index is 2.17. The zero-order chi connectivity index (χ0) is 10.7. The number of hydrogen-bond donors (Lipinski definition) is 1. The Morgan fingerprint density at radius 3 is 2.73 bits per heavy atom. The lowest BCUT2D eigenvalue weighted by molar-refractivity contribution is 0.198. The van der Waals surface area contributed by atoms with Crippen LogP contribution in [0.2, 0.25) is 0 Å². The monoisotopic (exact) mass is 270 g/mol. The summed E-state index contributed by atoms with van der Waals surface area (Å²) in [5.41, 5.74) is 0.858. The molecule has 1 aromatic carbocycles. The molecule has 0 radical (unpaired) electrons. The highest BCUT2D eigenvalue weighted by molar-refractivity contribution is 9.10. The zero-order valence-electron chi connectivity index (χ0n) is 8.58. The number of halogens is 1. The minimum atomic E-state index is 0.0293. The van der Waals surface area contributed by atoms with E-state index in [-0.39, 0.29) is 6.61 Å². The lowest BCUT2D eigenvalue weighted by Gasteiger charge is -2.17. The molecule has 0 bridgehead atoms. The van der Waals surface area contributed by atoms with Crippen LogP contribution in [0.5, 0.6) is 5.75 Å². The summed E-state index contributed by atoms with van der Waals surface area (Å²) in [4.78, 5) is 0. The molecule has 2 nitrogen and oxygen atoms in total. The second kappa shape index (κ2) is 4.99. The molecule has 1 fully saturated rings. The van der Waals surface area contributed by atoms with Crippen molar-refractivity contribution in [2.75, 3.05) is 0 Å². The molecule has 0 saturated heterocycles. The van der Waals surface area contributed by atoms with Gasteiger partial charge in [-0.1, -0.05) is 12.1 Å². The van der Waals surface area contributed by atoms with Crippen LogP contribution in [0.25, 0.3) is 0 Å². The van der Waals surface area contributed by atoms with Crippen LogP contribution >= 0.6 is 15.9 Å². The Morgan fingerprint density at radius 2 is 2.07 bits per heavy atom. The van der Waals surface area contributed by atoms with Gasteiger partial charge in [0.25, 0.3) is 0 Å². The fourth-order valence-electron chi connectivity index (χ4n) is 1.98. The normalized spacial score (nSPS) is 16.9. The predicted octanol–water partition coefficient (Wildman–Crippen LogP) is 3.26. The van der Waals surface area contributed by atoms with E-state index in [4.69, 9.17) is 4.74 Å². The van der Waals surface area contributed by atoms with E-state index in [1.807, 2.05) is 18.2 Å². The van der Waals surface area contributed by atoms with E-state index in [1.54, 1.807) is 0 Å². The number of aliphatic hydroxyl groups is 1. The molecule has 1 aromatic rings. The molecule has 1 saturated carbocycles. The average Bonchev–Trinajstić information content (AvgIpc) is 2.74. The quantitative estimate of drug-likeness (QED) is 0.914. The molecular formula is C12H15BrO2. The highest BCUT2D eigenvalue weighted by atomic mass is 79.9. The SMILES string of the molecule is OCc1cccc(Br)c1OC1CCCC1. The van der Waals surface area contributed by atoms with E-state index in [2.05, 4.69) is 15.9 Å². The number of benzene rings is 1. The number of aliphatic hydroxyl groups excluding tert-OH is 1. The highest BCUT2D eigenvalue weighted by Gasteiger charge is 2.19. The molecule has 0 heterocycles. The minimum Gasteiger partial charge on any atom is -0.489 e. The number of hydrogen-bond acceptors (Lipinski definition) is 2. The first kappa shape index (κ1) is 11.0. The second-order valence-electron chi connectivity index (χ2n) is 3.91. The minimum absolute atomic E-state index is 0.0293. The highest BCUT2D eigenvalue weighted by Crippen LogP contribution is 2.33. The number of ether oxygens (including phenoxy) is 1. The largest absolute Gasteiger partial charge is 0.489 e. The van der Waals surface area contributed by atoms with Crippen LogP contribution in [0.1, 0.15) is 31.2 Å². The van der Waals surface area contributed by atoms with Gasteiger partial charge < -0.3 is 9.84 Å². The molecule has 0 aromatic heterocycles. The molecule has 0 atom stereocenters. The first-order valence-corrected chi connectivity index (χ1v) is 6.15. The van der Waals surface area contributed by atoms with E-state index in [0.29, 0.717) is 6.10 Å². The third kappa shape index (κ3) is 2.52. The summed E-state index contributed by atoms with van der Waals surface area (Å²) in [6.07, 6.45) is 5.10. The Labute approximate surface area is 98.4 Å². The molecule has 3 heteroatoms. The van der Waals surface area contributed by atoms with E-state index in [1.165, 1.54) is 12.8 Å². The van der Waals surface area contributed by atoms with E-state index < -0.39 is 0 Å². The van der Waals surface area contributed by atoms with Gasteiger partial charge in [0.1, 0.15) is 5.75 Å². The van der Waals surface area contributed by atoms with Crippen molar-refractivity contribution in [3.63, 3.8) is 0 Å². The molecular weight excluding hydrogens is 256 g/mol. The summed E-state index contributed by atoms with van der Waals surface area (Å²) in [5, 5.41) is 9.22. The Bertz CT molecular complexity index is 332. The van der Waals surface area contributed by atoms with Crippen molar-refractivity contribution in [2.45, 2.75) is 38.4 Å². The van der Waals surface area contributed by atoms with Crippen molar-refractivity contribution >= 4 is 15.9 Å². The fraction of sp³-hybridized carbons (Fsp3) is 0.500. The maximum atomic E-state index is 9.22. The van der Waals surface area contributed by atoms with E-state index in [0.717, 1.165) is 28.6 Å². The molecule has 2 rings (SSSR count). The van der Waals surface area contributed by atoms with Crippen LogP contribution < -0.4 is 4.74 Å². The van der Waals surface area contributed by atoms with Gasteiger partial charge in [0, 0.05) is 5.56 Å². The number of para-hydroxylation sites is 1. The average molecular weight is 271 g/mol. The van der Waals surface area contributed by atoms with Gasteiger partial charge in [-0.05, 0) is 47.7 Å². The summed E-state index contributed by atoms with van der Waals surface area (Å²) >= 11 is 3.46. The molecule has 0 spiro atoms. The maximum absolute atomic E-state index is 9.22.